The van der Waals surface area contributed by atoms with E-state index >= 15 is 0 Å². The molecule has 1 atom stereocenters. The molecule has 2 aliphatic rings. The third-order valence-electron chi connectivity index (χ3n) is 14.6. The first-order chi connectivity index (χ1) is 34.1. The van der Waals surface area contributed by atoms with E-state index in [2.05, 4.69) is 165 Å². The summed E-state index contributed by atoms with van der Waals surface area (Å²) in [6.07, 6.45) is 3.81. The van der Waals surface area contributed by atoms with Gasteiger partial charge in [-0.1, -0.05) is 78.9 Å². The van der Waals surface area contributed by atoms with Gasteiger partial charge in [0, 0.05) is 66.6 Å². The highest BCUT2D eigenvalue weighted by molar-refractivity contribution is 6.13. The number of rotatable bonds is 3. The van der Waals surface area contributed by atoms with Crippen LogP contribution < -0.4 is 4.74 Å². The number of para-hydroxylation sites is 4. The first kappa shape index (κ1) is 37.5. The molecule has 0 saturated heterocycles. The summed E-state index contributed by atoms with van der Waals surface area (Å²) in [5.41, 5.74) is 15.4. The average molecular weight is 880 g/mol. The van der Waals surface area contributed by atoms with Crippen LogP contribution in [0.4, 0.5) is 0 Å². The number of hydrogen-bond donors (Lipinski definition) is 0. The van der Waals surface area contributed by atoms with Gasteiger partial charge in [0.25, 0.3) is 0 Å². The predicted molar refractivity (Wildman–Crippen MR) is 272 cm³/mol. The van der Waals surface area contributed by atoms with Gasteiger partial charge in [-0.2, -0.15) is 10.5 Å². The minimum Gasteiger partial charge on any atom is -0.457 e. The van der Waals surface area contributed by atoms with Gasteiger partial charge in [-0.05, 0) is 115 Å². The van der Waals surface area contributed by atoms with Crippen molar-refractivity contribution in [2.75, 3.05) is 0 Å². The first-order valence-electron chi connectivity index (χ1n) is 22.9. The van der Waals surface area contributed by atoms with Crippen molar-refractivity contribution in [3.63, 3.8) is 0 Å². The highest BCUT2D eigenvalue weighted by Gasteiger charge is 2.53. The van der Waals surface area contributed by atoms with Crippen LogP contribution in [0.5, 0.6) is 11.5 Å². The number of benzene rings is 8. The van der Waals surface area contributed by atoms with Crippen LogP contribution in [0.15, 0.2) is 200 Å². The van der Waals surface area contributed by atoms with Crippen LogP contribution in [-0.2, 0) is 5.41 Å². The normalized spacial score (nSPS) is 14.5. The Morgan fingerprint density at radius 2 is 0.855 bits per heavy atom. The van der Waals surface area contributed by atoms with Gasteiger partial charge in [0.2, 0.25) is 0 Å². The van der Waals surface area contributed by atoms with Crippen LogP contribution in [0.25, 0.3) is 93.9 Å². The topological polar surface area (TPSA) is 97.4 Å². The molecule has 69 heavy (non-hydrogen) atoms. The van der Waals surface area contributed by atoms with Crippen molar-refractivity contribution in [3.05, 3.63) is 234 Å². The number of nitriles is 2. The molecule has 1 aliphatic heterocycles. The molecule has 0 amide bonds. The standard InChI is InChI=1S/C61H33N7O/c62-33-36-19-23-54-44(28-36)41-10-1-5-15-51(41)66(54)38-21-25-56-46(30-38)43-12-3-6-16-52(43)67(56)39-22-26-58-49(31-39)61(47-13-4-8-18-57(47)69-58)48-14-9-27-64-59(48)60-50(61)32-40(35-65-60)68-53-17-7-2-11-42(53)45-29-37(34-63)20-24-55(45)68/h1-32,35H. The number of hydrogen-bond acceptors (Lipinski definition) is 5. The summed E-state index contributed by atoms with van der Waals surface area (Å²) in [6, 6.07) is 70.2. The van der Waals surface area contributed by atoms with Crippen LogP contribution in [0.1, 0.15) is 33.4 Å². The van der Waals surface area contributed by atoms with E-state index in [0.717, 1.165) is 128 Å². The highest BCUT2D eigenvalue weighted by atomic mass is 16.5. The molecule has 0 saturated carbocycles. The summed E-state index contributed by atoms with van der Waals surface area (Å²) in [7, 11) is 0. The second-order valence-corrected chi connectivity index (χ2v) is 18.0. The molecule has 1 aliphatic carbocycles. The Labute approximate surface area is 394 Å². The van der Waals surface area contributed by atoms with Crippen molar-refractivity contribution in [1.29, 1.82) is 10.5 Å². The number of aromatic nitrogens is 5. The van der Waals surface area contributed by atoms with Crippen molar-refractivity contribution in [3.8, 4) is 52.1 Å². The zero-order chi connectivity index (χ0) is 45.5. The monoisotopic (exact) mass is 879 g/mol. The Hall–Kier alpha value is -9.76. The molecule has 8 nitrogen and oxygen atoms in total. The van der Waals surface area contributed by atoms with E-state index in [1.54, 1.807) is 0 Å². The quantitative estimate of drug-likeness (QED) is 0.176. The lowest BCUT2D eigenvalue weighted by Gasteiger charge is -2.39. The number of pyridine rings is 2. The Kier molecular flexibility index (Phi) is 7.41. The molecule has 5 aromatic heterocycles. The Balaban J connectivity index is 0.981. The highest BCUT2D eigenvalue weighted by Crippen LogP contribution is 2.62. The van der Waals surface area contributed by atoms with Gasteiger partial charge in [0.15, 0.2) is 0 Å². The Bertz CT molecular complexity index is 4520. The maximum Gasteiger partial charge on any atom is 0.132 e. The lowest BCUT2D eigenvalue weighted by atomic mass is 9.66. The second-order valence-electron chi connectivity index (χ2n) is 18.0. The van der Waals surface area contributed by atoms with Crippen molar-refractivity contribution >= 4 is 65.4 Å². The van der Waals surface area contributed by atoms with Crippen molar-refractivity contribution in [1.82, 2.24) is 23.7 Å². The van der Waals surface area contributed by atoms with Crippen LogP contribution in [0.2, 0.25) is 0 Å². The van der Waals surface area contributed by atoms with Crippen LogP contribution in [0.3, 0.4) is 0 Å². The molecule has 0 radical (unpaired) electrons. The number of nitrogens with zero attached hydrogens (tertiary/aromatic N) is 7. The van der Waals surface area contributed by atoms with Crippen LogP contribution >= 0.6 is 0 Å². The molecule has 0 bridgehead atoms. The largest absolute Gasteiger partial charge is 0.457 e. The minimum atomic E-state index is -0.858. The molecule has 0 N–H and O–H groups in total. The number of fused-ring (bicyclic) bond motifs is 18. The fraction of sp³-hybridized carbons (Fsp3) is 0.0164. The summed E-state index contributed by atoms with van der Waals surface area (Å²) in [4.78, 5) is 10.4. The lowest BCUT2D eigenvalue weighted by molar-refractivity contribution is 0.436. The van der Waals surface area contributed by atoms with Gasteiger partial charge >= 0.3 is 0 Å². The minimum absolute atomic E-state index is 0.618. The van der Waals surface area contributed by atoms with E-state index in [-0.39, 0.29) is 0 Å². The molecule has 0 fully saturated rings. The van der Waals surface area contributed by atoms with E-state index < -0.39 is 5.41 Å². The molecular weight excluding hydrogens is 847 g/mol. The zero-order valence-corrected chi connectivity index (χ0v) is 36.6. The molecule has 13 aromatic rings. The Morgan fingerprint density at radius 1 is 0.377 bits per heavy atom. The fourth-order valence-electron chi connectivity index (χ4n) is 11.9. The number of ether oxygens (including phenoxy) is 1. The molecule has 318 valence electrons. The summed E-state index contributed by atoms with van der Waals surface area (Å²) in [6.45, 7) is 0. The zero-order valence-electron chi connectivity index (χ0n) is 36.6. The molecular formula is C61H33N7O. The SMILES string of the molecule is N#Cc1ccc2c(c1)c1ccccc1n2-c1cnc2c(c1)C1(c3ccccc3Oc3ccc(-n4c5ccccc5c5cc(-n6c7ccccc7c7cc(C#N)ccc76)ccc54)cc31)c1cccnc1-2. The van der Waals surface area contributed by atoms with E-state index in [9.17, 15) is 10.5 Å². The van der Waals surface area contributed by atoms with E-state index in [0.29, 0.717) is 11.1 Å². The average Bonchev–Trinajstić information content (AvgIpc) is 4.12. The Morgan fingerprint density at radius 3 is 1.51 bits per heavy atom. The van der Waals surface area contributed by atoms with E-state index in [1.807, 2.05) is 60.9 Å². The van der Waals surface area contributed by atoms with Gasteiger partial charge in [-0.25, -0.2) is 0 Å². The maximum atomic E-state index is 9.90. The predicted octanol–water partition coefficient (Wildman–Crippen LogP) is 14.0. The summed E-state index contributed by atoms with van der Waals surface area (Å²) in [5, 5.41) is 26.2. The van der Waals surface area contributed by atoms with Crippen molar-refractivity contribution in [2.45, 2.75) is 5.41 Å². The van der Waals surface area contributed by atoms with Gasteiger partial charge < -0.3 is 18.4 Å². The summed E-state index contributed by atoms with van der Waals surface area (Å²) in [5.74, 6) is 1.55. The van der Waals surface area contributed by atoms with Gasteiger partial charge in [0.05, 0.1) is 85.1 Å². The van der Waals surface area contributed by atoms with Crippen LogP contribution in [0, 0.1) is 22.7 Å². The molecule has 8 aromatic carbocycles. The summed E-state index contributed by atoms with van der Waals surface area (Å²) >= 11 is 0. The first-order valence-corrected chi connectivity index (χ1v) is 22.9. The molecule has 1 spiro atoms. The molecule has 8 heteroatoms. The van der Waals surface area contributed by atoms with E-state index in [4.69, 9.17) is 14.7 Å². The lowest BCUT2D eigenvalue weighted by Crippen LogP contribution is -2.32. The van der Waals surface area contributed by atoms with Gasteiger partial charge in [-0.15, -0.1) is 0 Å². The van der Waals surface area contributed by atoms with Gasteiger partial charge in [-0.3, -0.25) is 9.97 Å². The fourth-order valence-corrected chi connectivity index (χ4v) is 11.9. The third kappa shape index (κ3) is 4.88. The van der Waals surface area contributed by atoms with Crippen molar-refractivity contribution in [2.24, 2.45) is 0 Å². The summed E-state index contributed by atoms with van der Waals surface area (Å²) < 4.78 is 13.9. The van der Waals surface area contributed by atoms with Crippen LogP contribution in [-0.4, -0.2) is 23.7 Å². The maximum absolute atomic E-state index is 9.90. The van der Waals surface area contributed by atoms with E-state index in [1.165, 1.54) is 0 Å². The third-order valence-corrected chi connectivity index (χ3v) is 14.6. The molecule has 6 heterocycles. The molecule has 15 rings (SSSR count). The van der Waals surface area contributed by atoms with Crippen molar-refractivity contribution < 1.29 is 4.74 Å². The van der Waals surface area contributed by atoms with Gasteiger partial charge in [0.1, 0.15) is 11.5 Å². The smallest absolute Gasteiger partial charge is 0.132 e. The molecule has 1 unspecified atom stereocenters. The second kappa shape index (κ2) is 13.6.